The van der Waals surface area contributed by atoms with Crippen molar-refractivity contribution in [3.63, 3.8) is 0 Å². The quantitative estimate of drug-likeness (QED) is 0.629. The second-order valence-electron chi connectivity index (χ2n) is 8.49. The molecule has 9 nitrogen and oxygen atoms in total. The summed E-state index contributed by atoms with van der Waals surface area (Å²) in [5.41, 5.74) is 10.7. The zero-order valence-corrected chi connectivity index (χ0v) is 18.8. The maximum absolute atomic E-state index is 13.1. The average Bonchev–Trinajstić information content (AvgIpc) is 3.09. The molecule has 0 aliphatic heterocycles. The van der Waals surface area contributed by atoms with Gasteiger partial charge in [0, 0.05) is 29.1 Å². The molecule has 30 heavy (non-hydrogen) atoms. The minimum absolute atomic E-state index is 0.0338. The molecular weight excluding hydrogens is 426 g/mol. The number of carbonyl (C=O) groups is 1. The summed E-state index contributed by atoms with van der Waals surface area (Å²) < 4.78 is 33.7. The van der Waals surface area contributed by atoms with Crippen LogP contribution in [0.3, 0.4) is 0 Å². The van der Waals surface area contributed by atoms with Crippen LogP contribution < -0.4 is 20.9 Å². The fourth-order valence-corrected chi connectivity index (χ4v) is 6.17. The lowest BCUT2D eigenvalue weighted by Crippen LogP contribution is -2.40. The van der Waals surface area contributed by atoms with Gasteiger partial charge in [-0.15, -0.1) is 10.2 Å². The first kappa shape index (κ1) is 22.6. The van der Waals surface area contributed by atoms with Gasteiger partial charge in [0.15, 0.2) is 0 Å². The van der Waals surface area contributed by atoms with Gasteiger partial charge in [-0.3, -0.25) is 0 Å². The Morgan fingerprint density at radius 1 is 1.20 bits per heavy atom. The van der Waals surface area contributed by atoms with Crippen molar-refractivity contribution in [3.05, 3.63) is 23.2 Å². The number of nitrogens with zero attached hydrogens (tertiary/aromatic N) is 2. The summed E-state index contributed by atoms with van der Waals surface area (Å²) in [7, 11) is -3.94. The maximum atomic E-state index is 13.1. The molecule has 0 saturated heterocycles. The van der Waals surface area contributed by atoms with E-state index in [1.807, 2.05) is 0 Å². The Labute approximate surface area is 180 Å². The number of benzene rings is 1. The summed E-state index contributed by atoms with van der Waals surface area (Å²) in [4.78, 5) is 11.1. The van der Waals surface area contributed by atoms with Crippen molar-refractivity contribution < 1.29 is 17.9 Å². The summed E-state index contributed by atoms with van der Waals surface area (Å²) in [5, 5.41) is 9.93. The second kappa shape index (κ2) is 8.58. The number of nitrogens with two attached hydrogens (primary N) is 2. The van der Waals surface area contributed by atoms with Crippen LogP contribution in [0.5, 0.6) is 5.75 Å². The second-order valence-corrected chi connectivity index (χ2v) is 11.2. The average molecular weight is 454 g/mol. The molecule has 1 amide bonds. The number of ether oxygens (including phenoxy) is 1. The molecule has 1 aromatic heterocycles. The smallest absolute Gasteiger partial charge is 0.409 e. The van der Waals surface area contributed by atoms with Crippen molar-refractivity contribution in [1.82, 2.24) is 14.9 Å². The van der Waals surface area contributed by atoms with E-state index in [9.17, 15) is 13.2 Å². The molecule has 0 atom stereocenters. The Morgan fingerprint density at radius 3 is 2.47 bits per heavy atom. The molecule has 0 radical (unpaired) electrons. The number of carbonyl (C=O) groups excluding carboxylic acids is 1. The number of sulfonamides is 1. The Hall–Kier alpha value is -2.08. The van der Waals surface area contributed by atoms with Gasteiger partial charge in [0.25, 0.3) is 0 Å². The Kier molecular flexibility index (Phi) is 6.46. The van der Waals surface area contributed by atoms with E-state index in [4.69, 9.17) is 16.2 Å². The largest absolute Gasteiger partial charge is 0.410 e. The zero-order valence-electron chi connectivity index (χ0n) is 17.2. The molecule has 11 heteroatoms. The molecule has 0 unspecified atom stereocenters. The molecule has 1 fully saturated rings. The molecule has 5 N–H and O–H groups in total. The summed E-state index contributed by atoms with van der Waals surface area (Å²) in [5.74, 6) is 0.313. The standard InChI is InChI=1S/C19H27N5O4S2/c1-19(2,3)24-30(26,27)15-10-13(28-18(21)25)8-9-14(15)17-23-22-16(29-17)11-4-6-12(20)7-5-11/h8-12,24H,4-7,20H2,1-3H3,(H2,21,25). The van der Waals surface area contributed by atoms with Crippen molar-refractivity contribution in [3.8, 4) is 16.3 Å². The molecule has 0 spiro atoms. The van der Waals surface area contributed by atoms with E-state index in [0.29, 0.717) is 10.6 Å². The van der Waals surface area contributed by atoms with E-state index in [-0.39, 0.29) is 22.6 Å². The number of amides is 1. The van der Waals surface area contributed by atoms with Crippen molar-refractivity contribution in [1.29, 1.82) is 0 Å². The molecule has 1 aliphatic rings. The van der Waals surface area contributed by atoms with Crippen molar-refractivity contribution >= 4 is 27.5 Å². The molecule has 1 aromatic carbocycles. The Morgan fingerprint density at radius 2 is 1.87 bits per heavy atom. The lowest BCUT2D eigenvalue weighted by Gasteiger charge is -2.23. The fraction of sp³-hybridized carbons (Fsp3) is 0.526. The van der Waals surface area contributed by atoms with Crippen LogP contribution in [0.4, 0.5) is 4.79 Å². The number of primary amides is 1. The summed E-state index contributed by atoms with van der Waals surface area (Å²) in [6.45, 7) is 5.22. The Bertz CT molecular complexity index is 1020. The van der Waals surface area contributed by atoms with Crippen molar-refractivity contribution in [2.75, 3.05) is 0 Å². The highest BCUT2D eigenvalue weighted by molar-refractivity contribution is 7.89. The summed E-state index contributed by atoms with van der Waals surface area (Å²) >= 11 is 1.37. The Balaban J connectivity index is 2.01. The molecule has 1 aliphatic carbocycles. The van der Waals surface area contributed by atoms with E-state index in [1.165, 1.54) is 23.5 Å². The van der Waals surface area contributed by atoms with E-state index in [2.05, 4.69) is 14.9 Å². The lowest BCUT2D eigenvalue weighted by molar-refractivity contribution is 0.210. The van der Waals surface area contributed by atoms with Crippen molar-refractivity contribution in [2.45, 2.75) is 68.8 Å². The highest BCUT2D eigenvalue weighted by Gasteiger charge is 2.29. The predicted octanol–water partition coefficient (Wildman–Crippen LogP) is 2.72. The normalized spacial score (nSPS) is 20.1. The first-order chi connectivity index (χ1) is 13.9. The van der Waals surface area contributed by atoms with Gasteiger partial charge in [-0.25, -0.2) is 17.9 Å². The van der Waals surface area contributed by atoms with Gasteiger partial charge in [-0.05, 0) is 58.6 Å². The van der Waals surface area contributed by atoms with E-state index in [0.717, 1.165) is 30.7 Å². The van der Waals surface area contributed by atoms with Crippen LogP contribution in [0.15, 0.2) is 23.1 Å². The molecule has 1 saturated carbocycles. The number of rotatable bonds is 5. The van der Waals surface area contributed by atoms with Crippen molar-refractivity contribution in [2.24, 2.45) is 11.5 Å². The van der Waals surface area contributed by atoms with Gasteiger partial charge in [0.2, 0.25) is 10.0 Å². The van der Waals surface area contributed by atoms with E-state index in [1.54, 1.807) is 26.8 Å². The lowest BCUT2D eigenvalue weighted by atomic mass is 9.87. The molecule has 164 valence electrons. The summed E-state index contributed by atoms with van der Waals surface area (Å²) in [6, 6.07) is 4.54. The van der Waals surface area contributed by atoms with Crippen LogP contribution in [0.2, 0.25) is 0 Å². The third-order valence-corrected chi connectivity index (χ3v) is 7.61. The fourth-order valence-electron chi connectivity index (χ4n) is 3.41. The molecule has 0 bridgehead atoms. The monoisotopic (exact) mass is 453 g/mol. The van der Waals surface area contributed by atoms with Gasteiger partial charge < -0.3 is 16.2 Å². The van der Waals surface area contributed by atoms with E-state index >= 15 is 0 Å². The minimum atomic E-state index is -3.94. The molecule has 3 rings (SSSR count). The number of hydrogen-bond acceptors (Lipinski definition) is 8. The highest BCUT2D eigenvalue weighted by atomic mass is 32.2. The molecule has 2 aromatic rings. The number of hydrogen-bond donors (Lipinski definition) is 3. The third kappa shape index (κ3) is 5.54. The van der Waals surface area contributed by atoms with Crippen LogP contribution in [-0.4, -0.2) is 36.3 Å². The summed E-state index contributed by atoms with van der Waals surface area (Å²) in [6.07, 6.45) is 2.74. The maximum Gasteiger partial charge on any atom is 0.409 e. The third-order valence-electron chi connectivity index (χ3n) is 4.69. The SMILES string of the molecule is CC(C)(C)NS(=O)(=O)c1cc(OC(N)=O)ccc1-c1nnc(C2CCC(N)CC2)s1. The van der Waals surface area contributed by atoms with Crippen LogP contribution in [0.25, 0.3) is 10.6 Å². The van der Waals surface area contributed by atoms with Gasteiger partial charge in [0.05, 0.1) is 4.90 Å². The van der Waals surface area contributed by atoms with Gasteiger partial charge >= 0.3 is 6.09 Å². The highest BCUT2D eigenvalue weighted by Crippen LogP contribution is 2.38. The predicted molar refractivity (Wildman–Crippen MR) is 115 cm³/mol. The van der Waals surface area contributed by atoms with Gasteiger partial charge in [0.1, 0.15) is 15.8 Å². The van der Waals surface area contributed by atoms with Crippen LogP contribution in [0, 0.1) is 0 Å². The number of aromatic nitrogens is 2. The molecular formula is C19H27N5O4S2. The topological polar surface area (TPSA) is 150 Å². The van der Waals surface area contributed by atoms with Gasteiger partial charge in [-0.1, -0.05) is 11.3 Å². The van der Waals surface area contributed by atoms with Crippen LogP contribution in [0.1, 0.15) is 57.4 Å². The molecule has 1 heterocycles. The van der Waals surface area contributed by atoms with Crippen LogP contribution >= 0.6 is 11.3 Å². The van der Waals surface area contributed by atoms with Crippen LogP contribution in [-0.2, 0) is 10.0 Å². The zero-order chi connectivity index (χ0) is 22.1. The van der Waals surface area contributed by atoms with Gasteiger partial charge in [-0.2, -0.15) is 0 Å². The first-order valence-corrected chi connectivity index (χ1v) is 12.0. The first-order valence-electron chi connectivity index (χ1n) is 9.69. The minimum Gasteiger partial charge on any atom is -0.410 e. The number of nitrogens with one attached hydrogen (secondary N) is 1. The van der Waals surface area contributed by atoms with E-state index < -0.39 is 21.7 Å².